The Hall–Kier alpha value is -0.490. The molecular formula is C51H102O5. The lowest BCUT2D eigenvalue weighted by Crippen LogP contribution is -2.46. The zero-order valence-corrected chi connectivity index (χ0v) is 38.1. The molecule has 1 aliphatic heterocycles. The second-order valence-electron chi connectivity index (χ2n) is 21.5. The van der Waals surface area contributed by atoms with Gasteiger partial charge in [0.15, 0.2) is 0 Å². The standard InChI is InChI=1S/C11H20O.2C10H20O.C9H16O.C9H18O.2CH4/c1-9(2)10-3-5-11(6-4-10)7-8-12-11;2*1-8(2)9-5-4-6-10(3,11)7-9;1-7(2)8-3-5-9(10)6-4-8;1-7(2)8-4-3-5-9(10)6-8;;/h9-10H,3-8H2,1-2H3;2*8-9,11H,4-7H2,1-3H3;7-8H,3-6H2,1-2H3;7-10H,3-6H2,1-2H3;2*1H4. The fourth-order valence-electron chi connectivity index (χ4n) is 10.2. The van der Waals surface area contributed by atoms with Gasteiger partial charge in [-0.15, -0.1) is 0 Å². The van der Waals surface area contributed by atoms with Gasteiger partial charge in [0.2, 0.25) is 0 Å². The largest absolute Gasteiger partial charge is 0.393 e. The molecule has 5 aliphatic carbocycles. The van der Waals surface area contributed by atoms with Crippen LogP contribution >= 0.6 is 0 Å². The number of hydrogen-bond donors (Lipinski definition) is 3. The Morgan fingerprint density at radius 3 is 1.18 bits per heavy atom. The van der Waals surface area contributed by atoms with Crippen molar-refractivity contribution in [3.63, 3.8) is 0 Å². The lowest BCUT2D eigenvalue weighted by Gasteiger charge is -2.47. The van der Waals surface area contributed by atoms with Crippen LogP contribution in [0.5, 0.6) is 0 Å². The maximum atomic E-state index is 10.8. The average molecular weight is 795 g/mol. The van der Waals surface area contributed by atoms with E-state index < -0.39 is 0 Å². The molecule has 6 rings (SSSR count). The molecule has 6 fully saturated rings. The highest BCUT2D eigenvalue weighted by Crippen LogP contribution is 2.44. The summed E-state index contributed by atoms with van der Waals surface area (Å²) in [5.41, 5.74) is -0.369. The molecule has 0 bridgehead atoms. The Labute approximate surface area is 351 Å². The van der Waals surface area contributed by atoms with Gasteiger partial charge < -0.3 is 20.1 Å². The van der Waals surface area contributed by atoms with E-state index in [9.17, 15) is 20.1 Å². The monoisotopic (exact) mass is 795 g/mol. The summed E-state index contributed by atoms with van der Waals surface area (Å²) >= 11 is 0. The first-order valence-electron chi connectivity index (χ1n) is 23.4. The van der Waals surface area contributed by atoms with Gasteiger partial charge in [0.1, 0.15) is 5.78 Å². The first kappa shape index (κ1) is 55.5. The molecular weight excluding hydrogens is 693 g/mol. The molecule has 0 aromatic heterocycles. The van der Waals surface area contributed by atoms with Crippen LogP contribution in [0.15, 0.2) is 0 Å². The topological polar surface area (TPSA) is 87.0 Å². The van der Waals surface area contributed by atoms with Crippen LogP contribution in [-0.4, -0.2) is 50.6 Å². The minimum atomic E-state index is -0.368. The molecule has 1 heterocycles. The molecule has 336 valence electrons. The normalized spacial score (nSPS) is 34.6. The highest BCUT2D eigenvalue weighted by molar-refractivity contribution is 5.79. The Kier molecular flexibility index (Phi) is 26.4. The number of ketones is 1. The van der Waals surface area contributed by atoms with E-state index in [1.807, 2.05) is 13.8 Å². The Bertz CT molecular complexity index is 956. The number of aliphatic hydroxyl groups excluding tert-OH is 1. The smallest absolute Gasteiger partial charge is 0.132 e. The van der Waals surface area contributed by atoms with Gasteiger partial charge in [-0.2, -0.15) is 0 Å². The molecule has 0 aromatic carbocycles. The zero-order chi connectivity index (χ0) is 40.7. The summed E-state index contributed by atoms with van der Waals surface area (Å²) in [6, 6.07) is 0. The highest BCUT2D eigenvalue weighted by atomic mass is 16.5. The average Bonchev–Trinajstić information content (AvgIpc) is 3.08. The van der Waals surface area contributed by atoms with Gasteiger partial charge in [0, 0.05) is 12.8 Å². The van der Waals surface area contributed by atoms with Crippen molar-refractivity contribution in [1.82, 2.24) is 0 Å². The van der Waals surface area contributed by atoms with E-state index in [0.717, 1.165) is 130 Å². The zero-order valence-electron chi connectivity index (χ0n) is 38.1. The Balaban J connectivity index is 0.000000671. The number of carbonyl (C=O) groups is 1. The third-order valence-corrected chi connectivity index (χ3v) is 14.9. The minimum Gasteiger partial charge on any atom is -0.393 e. The molecule has 1 spiro atoms. The predicted molar refractivity (Wildman–Crippen MR) is 243 cm³/mol. The first-order valence-corrected chi connectivity index (χ1v) is 23.4. The fraction of sp³-hybridized carbons (Fsp3) is 0.980. The van der Waals surface area contributed by atoms with E-state index in [1.165, 1.54) is 70.6 Å². The van der Waals surface area contributed by atoms with Crippen LogP contribution < -0.4 is 0 Å². The predicted octanol–water partition coefficient (Wildman–Crippen LogP) is 14.0. The Morgan fingerprint density at radius 2 is 0.893 bits per heavy atom. The SMILES string of the molecule is C.C.CC(C)C1CCC(=O)CC1.CC(C)C1CCC2(CCO2)CC1.CC(C)C1CCCC(C)(O)C1.CC(C)C1CCCC(C)(O)C1.CC(C)C1CCCC(O)C1. The van der Waals surface area contributed by atoms with E-state index in [4.69, 9.17) is 4.74 Å². The van der Waals surface area contributed by atoms with Crippen LogP contribution in [0.2, 0.25) is 0 Å². The summed E-state index contributed by atoms with van der Waals surface area (Å²) in [6.07, 6.45) is 24.4. The van der Waals surface area contributed by atoms with Crippen molar-refractivity contribution in [2.75, 3.05) is 6.61 Å². The van der Waals surface area contributed by atoms with Gasteiger partial charge in [0.05, 0.1) is 29.5 Å². The maximum Gasteiger partial charge on any atom is 0.132 e. The van der Waals surface area contributed by atoms with Crippen molar-refractivity contribution in [2.45, 2.75) is 256 Å². The van der Waals surface area contributed by atoms with Crippen molar-refractivity contribution in [1.29, 1.82) is 0 Å². The fourth-order valence-corrected chi connectivity index (χ4v) is 10.2. The van der Waals surface area contributed by atoms with E-state index in [0.29, 0.717) is 11.4 Å². The number of carbonyl (C=O) groups excluding carboxylic acids is 1. The molecule has 0 amide bonds. The van der Waals surface area contributed by atoms with Crippen LogP contribution in [-0.2, 0) is 9.53 Å². The maximum absolute atomic E-state index is 10.8. The van der Waals surface area contributed by atoms with Gasteiger partial charge in [-0.1, -0.05) is 110 Å². The van der Waals surface area contributed by atoms with E-state index in [1.54, 1.807) is 0 Å². The third kappa shape index (κ3) is 21.2. The molecule has 3 N–H and O–H groups in total. The summed E-state index contributed by atoms with van der Waals surface area (Å²) < 4.78 is 5.69. The van der Waals surface area contributed by atoms with Crippen LogP contribution in [0.25, 0.3) is 0 Å². The Morgan fingerprint density at radius 1 is 0.518 bits per heavy atom. The van der Waals surface area contributed by atoms with Gasteiger partial charge in [-0.3, -0.25) is 4.79 Å². The summed E-state index contributed by atoms with van der Waals surface area (Å²) in [7, 11) is 0. The van der Waals surface area contributed by atoms with Crippen molar-refractivity contribution in [2.24, 2.45) is 59.2 Å². The number of ether oxygens (including phenoxy) is 1. The number of aliphatic hydroxyl groups is 3. The number of hydrogen-bond acceptors (Lipinski definition) is 5. The second kappa shape index (κ2) is 26.7. The van der Waals surface area contributed by atoms with Crippen molar-refractivity contribution in [3.8, 4) is 0 Å². The van der Waals surface area contributed by atoms with Crippen LogP contribution in [0, 0.1) is 59.2 Å². The molecule has 6 unspecified atom stereocenters. The minimum absolute atomic E-state index is 0. The van der Waals surface area contributed by atoms with Crippen molar-refractivity contribution >= 4 is 5.78 Å². The molecule has 5 nitrogen and oxygen atoms in total. The van der Waals surface area contributed by atoms with E-state index in [2.05, 4.69) is 69.2 Å². The van der Waals surface area contributed by atoms with Gasteiger partial charge >= 0.3 is 0 Å². The molecule has 6 aliphatic rings. The summed E-state index contributed by atoms with van der Waals surface area (Å²) in [6.45, 7) is 27.7. The van der Waals surface area contributed by atoms with E-state index >= 15 is 0 Å². The molecule has 0 aromatic rings. The lowest BCUT2D eigenvalue weighted by atomic mass is 9.72. The summed E-state index contributed by atoms with van der Waals surface area (Å²) in [5, 5.41) is 28.9. The first-order chi connectivity index (χ1) is 25.1. The van der Waals surface area contributed by atoms with E-state index in [-0.39, 0.29) is 32.2 Å². The molecule has 5 saturated carbocycles. The molecule has 0 radical (unpaired) electrons. The number of rotatable bonds is 5. The van der Waals surface area contributed by atoms with Crippen LogP contribution in [0.4, 0.5) is 0 Å². The van der Waals surface area contributed by atoms with Crippen molar-refractivity contribution in [3.05, 3.63) is 0 Å². The second-order valence-corrected chi connectivity index (χ2v) is 21.5. The van der Waals surface area contributed by atoms with Gasteiger partial charge in [-0.25, -0.2) is 0 Å². The molecule has 6 atom stereocenters. The van der Waals surface area contributed by atoms with Gasteiger partial charge in [0.25, 0.3) is 0 Å². The molecule has 5 heteroatoms. The highest BCUT2D eigenvalue weighted by Gasteiger charge is 2.42. The van der Waals surface area contributed by atoms with Gasteiger partial charge in [-0.05, 0) is 169 Å². The van der Waals surface area contributed by atoms with Crippen LogP contribution in [0.3, 0.4) is 0 Å². The summed E-state index contributed by atoms with van der Waals surface area (Å²) in [5.74, 6) is 8.42. The quantitative estimate of drug-likeness (QED) is 0.258. The summed E-state index contributed by atoms with van der Waals surface area (Å²) in [4.78, 5) is 10.8. The molecule has 1 saturated heterocycles. The van der Waals surface area contributed by atoms with Crippen LogP contribution in [0.1, 0.15) is 233 Å². The number of Topliss-reactive ketones (excluding diaryl/α,β-unsaturated/α-hetero) is 1. The molecule has 56 heavy (non-hydrogen) atoms. The lowest BCUT2D eigenvalue weighted by molar-refractivity contribution is -0.171. The third-order valence-electron chi connectivity index (χ3n) is 14.9. The van der Waals surface area contributed by atoms with Crippen molar-refractivity contribution < 1.29 is 24.9 Å².